The molecule has 0 unspecified atom stereocenters. The van der Waals surface area contributed by atoms with Gasteiger partial charge in [0, 0.05) is 12.6 Å². The van der Waals surface area contributed by atoms with Crippen molar-refractivity contribution < 1.29 is 14.6 Å². The number of halogens is 1. The van der Waals surface area contributed by atoms with E-state index in [0.717, 1.165) is 17.5 Å². The SMILES string of the molecule is CC[C@@H](CO)NCc1cc(Cl)c(OCc2cccc(C)c2)c(OC)c1. The van der Waals surface area contributed by atoms with E-state index < -0.39 is 0 Å². The summed E-state index contributed by atoms with van der Waals surface area (Å²) in [5.41, 5.74) is 3.25. The molecule has 0 amide bonds. The molecule has 136 valence electrons. The highest BCUT2D eigenvalue weighted by Gasteiger charge is 2.13. The van der Waals surface area contributed by atoms with Crippen molar-refractivity contribution in [1.82, 2.24) is 5.32 Å². The predicted octanol–water partition coefficient (Wildman–Crippen LogP) is 4.10. The third-order valence-electron chi connectivity index (χ3n) is 4.06. The Bertz CT molecular complexity index is 687. The van der Waals surface area contributed by atoms with E-state index in [-0.39, 0.29) is 12.6 Å². The molecule has 0 aliphatic carbocycles. The van der Waals surface area contributed by atoms with Crippen molar-refractivity contribution in [3.8, 4) is 11.5 Å². The molecule has 0 fully saturated rings. The van der Waals surface area contributed by atoms with Crippen LogP contribution in [0.3, 0.4) is 0 Å². The second-order valence-corrected chi connectivity index (χ2v) is 6.46. The lowest BCUT2D eigenvalue weighted by molar-refractivity contribution is 0.238. The molecule has 0 aliphatic heterocycles. The first-order valence-corrected chi connectivity index (χ1v) is 8.84. The molecule has 25 heavy (non-hydrogen) atoms. The van der Waals surface area contributed by atoms with Gasteiger partial charge in [-0.25, -0.2) is 0 Å². The fraction of sp³-hybridized carbons (Fsp3) is 0.400. The van der Waals surface area contributed by atoms with Gasteiger partial charge in [0.1, 0.15) is 6.61 Å². The van der Waals surface area contributed by atoms with Crippen LogP contribution in [0.2, 0.25) is 5.02 Å². The average Bonchev–Trinajstić information content (AvgIpc) is 2.61. The minimum atomic E-state index is 0.0713. The van der Waals surface area contributed by atoms with Gasteiger partial charge in [-0.05, 0) is 36.6 Å². The Balaban J connectivity index is 2.10. The average molecular weight is 364 g/mol. The van der Waals surface area contributed by atoms with E-state index in [1.165, 1.54) is 5.56 Å². The van der Waals surface area contributed by atoms with Crippen molar-refractivity contribution in [2.24, 2.45) is 0 Å². The van der Waals surface area contributed by atoms with Crippen LogP contribution in [-0.2, 0) is 13.2 Å². The highest BCUT2D eigenvalue weighted by molar-refractivity contribution is 6.32. The smallest absolute Gasteiger partial charge is 0.180 e. The van der Waals surface area contributed by atoms with Crippen LogP contribution < -0.4 is 14.8 Å². The van der Waals surface area contributed by atoms with E-state index in [2.05, 4.69) is 24.4 Å². The summed E-state index contributed by atoms with van der Waals surface area (Å²) in [7, 11) is 1.60. The Morgan fingerprint density at radius 3 is 2.64 bits per heavy atom. The minimum absolute atomic E-state index is 0.0713. The number of nitrogens with one attached hydrogen (secondary N) is 1. The molecule has 2 aromatic rings. The standard InChI is InChI=1S/C20H26ClNO3/c1-4-17(12-23)22-11-16-9-18(21)20(19(10-16)24-3)25-13-15-7-5-6-14(2)8-15/h5-10,17,22-23H,4,11-13H2,1-3H3/t17-/m0/s1. The number of hydrogen-bond acceptors (Lipinski definition) is 4. The molecule has 0 heterocycles. The van der Waals surface area contributed by atoms with Crippen LogP contribution in [-0.4, -0.2) is 24.9 Å². The molecule has 0 aliphatic rings. The lowest BCUT2D eigenvalue weighted by Crippen LogP contribution is -2.31. The molecule has 0 radical (unpaired) electrons. The predicted molar refractivity (Wildman–Crippen MR) is 102 cm³/mol. The van der Waals surface area contributed by atoms with Crippen molar-refractivity contribution >= 4 is 11.6 Å². The second-order valence-electron chi connectivity index (χ2n) is 6.06. The third-order valence-corrected chi connectivity index (χ3v) is 4.34. The maximum absolute atomic E-state index is 9.27. The number of aliphatic hydroxyl groups is 1. The first-order valence-electron chi connectivity index (χ1n) is 8.46. The Hall–Kier alpha value is -1.75. The number of methoxy groups -OCH3 is 1. The topological polar surface area (TPSA) is 50.7 Å². The van der Waals surface area contributed by atoms with Crippen LogP contribution in [0, 0.1) is 6.92 Å². The molecular weight excluding hydrogens is 338 g/mol. The normalized spacial score (nSPS) is 12.0. The number of aliphatic hydroxyl groups excluding tert-OH is 1. The molecule has 0 saturated carbocycles. The summed E-state index contributed by atoms with van der Waals surface area (Å²) in [6, 6.07) is 12.0. The van der Waals surface area contributed by atoms with Gasteiger partial charge < -0.3 is 19.9 Å². The zero-order valence-electron chi connectivity index (χ0n) is 15.0. The number of ether oxygens (including phenoxy) is 2. The van der Waals surface area contributed by atoms with Gasteiger partial charge >= 0.3 is 0 Å². The Kier molecular flexibility index (Phi) is 7.56. The van der Waals surface area contributed by atoms with Crippen molar-refractivity contribution in [3.05, 3.63) is 58.1 Å². The summed E-state index contributed by atoms with van der Waals surface area (Å²) in [5.74, 6) is 1.15. The molecule has 0 aromatic heterocycles. The van der Waals surface area contributed by atoms with Crippen LogP contribution in [0.15, 0.2) is 36.4 Å². The summed E-state index contributed by atoms with van der Waals surface area (Å²) in [5, 5.41) is 13.1. The van der Waals surface area contributed by atoms with Crippen molar-refractivity contribution in [1.29, 1.82) is 0 Å². The number of aryl methyl sites for hydroxylation is 1. The van der Waals surface area contributed by atoms with E-state index in [0.29, 0.717) is 29.7 Å². The summed E-state index contributed by atoms with van der Waals surface area (Å²) in [4.78, 5) is 0. The summed E-state index contributed by atoms with van der Waals surface area (Å²) in [6.45, 7) is 5.22. The molecule has 0 saturated heterocycles. The number of benzene rings is 2. The molecule has 4 nitrogen and oxygen atoms in total. The van der Waals surface area contributed by atoms with Crippen molar-refractivity contribution in [2.45, 2.75) is 39.5 Å². The van der Waals surface area contributed by atoms with E-state index in [1.54, 1.807) is 7.11 Å². The molecule has 5 heteroatoms. The minimum Gasteiger partial charge on any atom is -0.493 e. The van der Waals surface area contributed by atoms with Gasteiger partial charge in [-0.15, -0.1) is 0 Å². The fourth-order valence-corrected chi connectivity index (χ4v) is 2.86. The maximum Gasteiger partial charge on any atom is 0.180 e. The lowest BCUT2D eigenvalue weighted by Gasteiger charge is -2.17. The lowest BCUT2D eigenvalue weighted by atomic mass is 10.1. The largest absolute Gasteiger partial charge is 0.493 e. The quantitative estimate of drug-likeness (QED) is 0.704. The molecule has 1 atom stereocenters. The zero-order valence-corrected chi connectivity index (χ0v) is 15.8. The first-order chi connectivity index (χ1) is 12.1. The van der Waals surface area contributed by atoms with Gasteiger partial charge in [0.25, 0.3) is 0 Å². The molecule has 2 N–H and O–H groups in total. The van der Waals surface area contributed by atoms with Gasteiger partial charge in [0.2, 0.25) is 0 Å². The highest BCUT2D eigenvalue weighted by Crippen LogP contribution is 2.37. The van der Waals surface area contributed by atoms with Crippen molar-refractivity contribution in [3.63, 3.8) is 0 Å². The van der Waals surface area contributed by atoms with Crippen LogP contribution in [0.5, 0.6) is 11.5 Å². The Morgan fingerprint density at radius 1 is 1.20 bits per heavy atom. The summed E-state index contributed by atoms with van der Waals surface area (Å²) in [6.07, 6.45) is 0.860. The highest BCUT2D eigenvalue weighted by atomic mass is 35.5. The summed E-state index contributed by atoms with van der Waals surface area (Å²) >= 11 is 6.41. The van der Waals surface area contributed by atoms with Gasteiger partial charge in [0.05, 0.1) is 18.7 Å². The van der Waals surface area contributed by atoms with Gasteiger partial charge in [-0.2, -0.15) is 0 Å². The van der Waals surface area contributed by atoms with Gasteiger partial charge in [0.15, 0.2) is 11.5 Å². The van der Waals surface area contributed by atoms with Crippen LogP contribution in [0.1, 0.15) is 30.0 Å². The molecular formula is C20H26ClNO3. The van der Waals surface area contributed by atoms with E-state index in [4.69, 9.17) is 21.1 Å². The third kappa shape index (κ3) is 5.63. The zero-order chi connectivity index (χ0) is 18.2. The molecule has 0 bridgehead atoms. The monoisotopic (exact) mass is 363 g/mol. The Labute approximate surface area is 154 Å². The van der Waals surface area contributed by atoms with E-state index in [9.17, 15) is 5.11 Å². The molecule has 0 spiro atoms. The summed E-state index contributed by atoms with van der Waals surface area (Å²) < 4.78 is 11.4. The van der Waals surface area contributed by atoms with E-state index >= 15 is 0 Å². The Morgan fingerprint density at radius 2 is 2.00 bits per heavy atom. The van der Waals surface area contributed by atoms with Gasteiger partial charge in [-0.3, -0.25) is 0 Å². The first kappa shape index (κ1) is 19.6. The second kappa shape index (κ2) is 9.66. The van der Waals surface area contributed by atoms with E-state index in [1.807, 2.05) is 31.2 Å². The van der Waals surface area contributed by atoms with Crippen LogP contribution in [0.4, 0.5) is 0 Å². The number of hydrogen-bond donors (Lipinski definition) is 2. The molecule has 2 rings (SSSR count). The van der Waals surface area contributed by atoms with Crippen molar-refractivity contribution in [2.75, 3.05) is 13.7 Å². The van der Waals surface area contributed by atoms with Crippen LogP contribution in [0.25, 0.3) is 0 Å². The van der Waals surface area contributed by atoms with Crippen LogP contribution >= 0.6 is 11.6 Å². The maximum atomic E-state index is 9.27. The number of rotatable bonds is 9. The fourth-order valence-electron chi connectivity index (χ4n) is 2.57. The molecule has 2 aromatic carbocycles. The van der Waals surface area contributed by atoms with Gasteiger partial charge in [-0.1, -0.05) is 48.4 Å².